The van der Waals surface area contributed by atoms with Crippen molar-refractivity contribution >= 4 is 5.97 Å². The van der Waals surface area contributed by atoms with Crippen molar-refractivity contribution in [3.63, 3.8) is 0 Å². The molecule has 4 rings (SSSR count). The lowest BCUT2D eigenvalue weighted by atomic mass is 9.97. The van der Waals surface area contributed by atoms with Gasteiger partial charge in [0.25, 0.3) is 0 Å². The van der Waals surface area contributed by atoms with Gasteiger partial charge in [0.15, 0.2) is 0 Å². The zero-order chi connectivity index (χ0) is 19.0. The maximum Gasteiger partial charge on any atom is 0.344 e. The van der Waals surface area contributed by atoms with Crippen molar-refractivity contribution in [1.82, 2.24) is 9.97 Å². The maximum atomic E-state index is 12.6. The smallest absolute Gasteiger partial charge is 0.344 e. The summed E-state index contributed by atoms with van der Waals surface area (Å²) in [6, 6.07) is 14.1. The number of esters is 1. The first kappa shape index (κ1) is 17.0. The van der Waals surface area contributed by atoms with Gasteiger partial charge in [-0.1, -0.05) is 30.3 Å². The molecular formula is C20H16N2O5. The van der Waals surface area contributed by atoms with Gasteiger partial charge in [-0.25, -0.2) is 9.78 Å². The van der Waals surface area contributed by atoms with Crippen LogP contribution in [0.4, 0.5) is 0 Å². The van der Waals surface area contributed by atoms with Crippen LogP contribution in [-0.2, 0) is 10.5 Å². The molecular weight excluding hydrogens is 348 g/mol. The van der Waals surface area contributed by atoms with Gasteiger partial charge in [0, 0.05) is 18.3 Å². The Bertz CT molecular complexity index is 1000. The molecule has 1 aromatic carbocycles. The second kappa shape index (κ2) is 6.37. The fourth-order valence-electron chi connectivity index (χ4n) is 3.07. The number of cyclic esters (lactones) is 1. The van der Waals surface area contributed by atoms with Gasteiger partial charge >= 0.3 is 11.8 Å². The highest BCUT2D eigenvalue weighted by atomic mass is 16.7. The van der Waals surface area contributed by atoms with Gasteiger partial charge in [-0.2, -0.15) is 0 Å². The van der Waals surface area contributed by atoms with Crippen LogP contribution in [0.25, 0.3) is 11.1 Å². The summed E-state index contributed by atoms with van der Waals surface area (Å²) in [6.45, 7) is 0. The van der Waals surface area contributed by atoms with Crippen LogP contribution < -0.4 is 9.47 Å². The summed E-state index contributed by atoms with van der Waals surface area (Å²) in [5, 5.41) is 11.2. The van der Waals surface area contributed by atoms with Crippen LogP contribution in [0.2, 0.25) is 0 Å². The highest BCUT2D eigenvalue weighted by Gasteiger charge is 2.50. The van der Waals surface area contributed by atoms with E-state index >= 15 is 0 Å². The summed E-state index contributed by atoms with van der Waals surface area (Å²) >= 11 is 0. The number of carbonyl (C=O) groups is 1. The standard InChI is InChI=1S/C20H16N2O5/c1-25-13-10-15(22-16(11-13)26-2)20(24)18-17(19(23)27-20)14(8-9-21-18)12-6-4-3-5-7-12/h3-11,24H,1-2H3. The van der Waals surface area contributed by atoms with E-state index in [0.717, 1.165) is 5.56 Å². The summed E-state index contributed by atoms with van der Waals surface area (Å²) in [5.41, 5.74) is 1.76. The number of rotatable bonds is 4. The normalized spacial score (nSPS) is 18.0. The molecule has 3 heterocycles. The molecule has 1 atom stereocenters. The third-order valence-corrected chi connectivity index (χ3v) is 4.37. The summed E-state index contributed by atoms with van der Waals surface area (Å²) in [5.74, 6) is -2.21. The Morgan fingerprint density at radius 3 is 2.56 bits per heavy atom. The molecule has 7 heteroatoms. The van der Waals surface area contributed by atoms with Crippen LogP contribution in [0.3, 0.4) is 0 Å². The van der Waals surface area contributed by atoms with Crippen LogP contribution >= 0.6 is 0 Å². The van der Waals surface area contributed by atoms with Crippen LogP contribution in [0.15, 0.2) is 54.7 Å². The zero-order valence-electron chi connectivity index (χ0n) is 14.7. The van der Waals surface area contributed by atoms with Crippen molar-refractivity contribution in [1.29, 1.82) is 0 Å². The average Bonchev–Trinajstić information content (AvgIpc) is 3.00. The Morgan fingerprint density at radius 2 is 1.85 bits per heavy atom. The van der Waals surface area contributed by atoms with Crippen molar-refractivity contribution in [2.24, 2.45) is 0 Å². The molecule has 1 unspecified atom stereocenters. The van der Waals surface area contributed by atoms with Gasteiger partial charge < -0.3 is 19.3 Å². The molecule has 1 N–H and O–H groups in total. The number of pyridine rings is 2. The van der Waals surface area contributed by atoms with Crippen LogP contribution in [-0.4, -0.2) is 35.3 Å². The second-order valence-electron chi connectivity index (χ2n) is 5.92. The molecule has 0 spiro atoms. The monoisotopic (exact) mass is 364 g/mol. The van der Waals surface area contributed by atoms with E-state index < -0.39 is 11.8 Å². The van der Waals surface area contributed by atoms with Crippen molar-refractivity contribution in [3.05, 3.63) is 71.7 Å². The third kappa shape index (κ3) is 2.69. The van der Waals surface area contributed by atoms with E-state index in [0.29, 0.717) is 11.3 Å². The minimum absolute atomic E-state index is 0.0449. The average molecular weight is 364 g/mol. The lowest BCUT2D eigenvalue weighted by molar-refractivity contribution is -0.134. The number of methoxy groups -OCH3 is 2. The number of hydrogen-bond acceptors (Lipinski definition) is 7. The summed E-state index contributed by atoms with van der Waals surface area (Å²) in [6.07, 6.45) is 1.52. The van der Waals surface area contributed by atoms with E-state index in [9.17, 15) is 9.90 Å². The molecule has 3 aromatic rings. The molecule has 0 aliphatic carbocycles. The minimum Gasteiger partial charge on any atom is -0.496 e. The fraction of sp³-hybridized carbons (Fsp3) is 0.150. The summed E-state index contributed by atoms with van der Waals surface area (Å²) in [7, 11) is 2.92. The largest absolute Gasteiger partial charge is 0.496 e. The first-order valence-corrected chi connectivity index (χ1v) is 8.18. The molecule has 7 nitrogen and oxygen atoms in total. The van der Waals surface area contributed by atoms with E-state index in [4.69, 9.17) is 14.2 Å². The van der Waals surface area contributed by atoms with Crippen LogP contribution in [0, 0.1) is 0 Å². The molecule has 0 saturated carbocycles. The first-order chi connectivity index (χ1) is 13.1. The number of aromatic nitrogens is 2. The lowest BCUT2D eigenvalue weighted by Crippen LogP contribution is -2.29. The van der Waals surface area contributed by atoms with Gasteiger partial charge in [0.2, 0.25) is 5.88 Å². The highest BCUT2D eigenvalue weighted by molar-refractivity contribution is 6.01. The van der Waals surface area contributed by atoms with E-state index in [1.807, 2.05) is 30.3 Å². The number of fused-ring (bicyclic) bond motifs is 1. The maximum absolute atomic E-state index is 12.6. The number of aliphatic hydroxyl groups is 1. The molecule has 0 fully saturated rings. The number of nitrogens with zero attached hydrogens (tertiary/aromatic N) is 2. The van der Waals surface area contributed by atoms with E-state index in [-0.39, 0.29) is 22.8 Å². The van der Waals surface area contributed by atoms with Crippen LogP contribution in [0.1, 0.15) is 21.7 Å². The van der Waals surface area contributed by atoms with Gasteiger partial charge in [-0.05, 0) is 17.2 Å². The van der Waals surface area contributed by atoms with Crippen molar-refractivity contribution < 1.29 is 24.1 Å². The molecule has 27 heavy (non-hydrogen) atoms. The third-order valence-electron chi connectivity index (χ3n) is 4.37. The molecule has 0 saturated heterocycles. The number of hydrogen-bond donors (Lipinski definition) is 1. The molecule has 1 aliphatic heterocycles. The van der Waals surface area contributed by atoms with E-state index in [2.05, 4.69) is 9.97 Å². The predicted molar refractivity (Wildman–Crippen MR) is 95.4 cm³/mol. The molecule has 136 valence electrons. The molecule has 0 radical (unpaired) electrons. The Kier molecular flexibility index (Phi) is 4.01. The molecule has 0 amide bonds. The quantitative estimate of drug-likeness (QED) is 0.711. The number of benzene rings is 1. The minimum atomic E-state index is -2.14. The topological polar surface area (TPSA) is 90.8 Å². The Labute approximate surface area is 155 Å². The van der Waals surface area contributed by atoms with Crippen molar-refractivity contribution in [2.75, 3.05) is 14.2 Å². The predicted octanol–water partition coefficient (Wildman–Crippen LogP) is 2.52. The number of ether oxygens (including phenoxy) is 3. The van der Waals surface area contributed by atoms with E-state index in [1.54, 1.807) is 12.1 Å². The summed E-state index contributed by atoms with van der Waals surface area (Å²) in [4.78, 5) is 21.1. The van der Waals surface area contributed by atoms with Crippen LogP contribution in [0.5, 0.6) is 11.6 Å². The lowest BCUT2D eigenvalue weighted by Gasteiger charge is -2.21. The Balaban J connectivity index is 1.92. The second-order valence-corrected chi connectivity index (χ2v) is 5.92. The van der Waals surface area contributed by atoms with Gasteiger partial charge in [0.05, 0.1) is 19.8 Å². The molecule has 2 aromatic heterocycles. The number of carbonyl (C=O) groups excluding carboxylic acids is 1. The van der Waals surface area contributed by atoms with Gasteiger partial charge in [0.1, 0.15) is 17.1 Å². The first-order valence-electron chi connectivity index (χ1n) is 8.18. The Morgan fingerprint density at radius 1 is 1.07 bits per heavy atom. The fourth-order valence-corrected chi connectivity index (χ4v) is 3.07. The van der Waals surface area contributed by atoms with Crippen molar-refractivity contribution in [2.45, 2.75) is 5.79 Å². The Hall–Kier alpha value is -3.45. The van der Waals surface area contributed by atoms with Gasteiger partial charge in [-0.15, -0.1) is 0 Å². The SMILES string of the molecule is COc1cc(OC)nc(C2(O)OC(=O)c3c(-c4ccccc4)ccnc32)c1. The molecule has 0 bridgehead atoms. The van der Waals surface area contributed by atoms with E-state index in [1.165, 1.54) is 26.5 Å². The molecule has 1 aliphatic rings. The highest BCUT2D eigenvalue weighted by Crippen LogP contribution is 2.42. The van der Waals surface area contributed by atoms with Crippen molar-refractivity contribution in [3.8, 4) is 22.8 Å². The summed E-state index contributed by atoms with van der Waals surface area (Å²) < 4.78 is 15.7. The zero-order valence-corrected chi connectivity index (χ0v) is 14.7. The van der Waals surface area contributed by atoms with Gasteiger partial charge in [-0.3, -0.25) is 4.98 Å².